The van der Waals surface area contributed by atoms with Gasteiger partial charge < -0.3 is 0 Å². The Balaban J connectivity index is 2.30. The third kappa shape index (κ3) is 2.43. The van der Waals surface area contributed by atoms with E-state index in [4.69, 9.17) is 5.53 Å². The number of hydrogen-bond donors (Lipinski definition) is 0. The van der Waals surface area contributed by atoms with Gasteiger partial charge in [0, 0.05) is 10.6 Å². The molecule has 0 aliphatic heterocycles. The first kappa shape index (κ1) is 12.0. The molecule has 0 saturated heterocycles. The minimum absolute atomic E-state index is 0.243. The molecule has 0 spiro atoms. The molecule has 0 amide bonds. The molecule has 17 heavy (non-hydrogen) atoms. The van der Waals surface area contributed by atoms with Crippen LogP contribution in [0.1, 0.15) is 25.7 Å². The van der Waals surface area contributed by atoms with Crippen molar-refractivity contribution in [3.05, 3.63) is 34.7 Å². The minimum atomic E-state index is -3.21. The van der Waals surface area contributed by atoms with Gasteiger partial charge in [-0.15, -0.1) is 0 Å². The van der Waals surface area contributed by atoms with Gasteiger partial charge in [0.1, 0.15) is 0 Å². The second kappa shape index (κ2) is 4.77. The molecule has 0 bridgehead atoms. The molecule has 0 aromatic heterocycles. The number of azide groups is 1. The molecule has 0 radical (unpaired) electrons. The number of rotatable bonds is 3. The summed E-state index contributed by atoms with van der Waals surface area (Å²) >= 11 is 0. The maximum atomic E-state index is 12.2. The highest BCUT2D eigenvalue weighted by atomic mass is 32.2. The van der Waals surface area contributed by atoms with Crippen molar-refractivity contribution in [1.82, 2.24) is 0 Å². The zero-order chi connectivity index (χ0) is 12.3. The van der Waals surface area contributed by atoms with E-state index < -0.39 is 9.84 Å². The summed E-state index contributed by atoms with van der Waals surface area (Å²) in [4.78, 5) is 2.97. The van der Waals surface area contributed by atoms with Crippen molar-refractivity contribution in [2.24, 2.45) is 5.11 Å². The summed E-state index contributed by atoms with van der Waals surface area (Å²) in [5, 5.41) is 3.17. The highest BCUT2D eigenvalue weighted by Gasteiger charge is 2.29. The lowest BCUT2D eigenvalue weighted by atomic mass is 10.3. The minimum Gasteiger partial charge on any atom is -0.223 e. The Bertz CT molecular complexity index is 539. The molecule has 2 rings (SSSR count). The molecular weight excluding hydrogens is 238 g/mol. The van der Waals surface area contributed by atoms with Gasteiger partial charge in [0.2, 0.25) is 0 Å². The number of sulfone groups is 1. The highest BCUT2D eigenvalue weighted by Crippen LogP contribution is 2.30. The van der Waals surface area contributed by atoms with E-state index in [-0.39, 0.29) is 5.25 Å². The molecule has 0 unspecified atom stereocenters. The summed E-state index contributed by atoms with van der Waals surface area (Å²) < 4.78 is 24.4. The Labute approximate surface area is 100 Å². The van der Waals surface area contributed by atoms with Crippen LogP contribution >= 0.6 is 0 Å². The van der Waals surface area contributed by atoms with E-state index in [0.29, 0.717) is 10.6 Å². The van der Waals surface area contributed by atoms with Gasteiger partial charge in [-0.3, -0.25) is 0 Å². The van der Waals surface area contributed by atoms with Crippen molar-refractivity contribution >= 4 is 15.5 Å². The summed E-state index contributed by atoms with van der Waals surface area (Å²) in [6, 6.07) is 6.08. The van der Waals surface area contributed by atoms with E-state index in [1.807, 2.05) is 0 Å². The molecule has 1 fully saturated rings. The molecule has 90 valence electrons. The van der Waals surface area contributed by atoms with E-state index in [9.17, 15) is 8.42 Å². The van der Waals surface area contributed by atoms with Gasteiger partial charge in [0.15, 0.2) is 9.84 Å². The van der Waals surface area contributed by atoms with Crippen LogP contribution in [0.25, 0.3) is 10.4 Å². The van der Waals surface area contributed by atoms with Crippen LogP contribution in [0.4, 0.5) is 5.69 Å². The summed E-state index contributed by atoms with van der Waals surface area (Å²) in [5.74, 6) is 0. The van der Waals surface area contributed by atoms with Crippen molar-refractivity contribution in [3.8, 4) is 0 Å². The summed E-state index contributed by atoms with van der Waals surface area (Å²) in [6.45, 7) is 0. The van der Waals surface area contributed by atoms with Gasteiger partial charge in [0.05, 0.1) is 10.1 Å². The fourth-order valence-corrected chi connectivity index (χ4v) is 4.00. The Morgan fingerprint density at radius 2 is 1.76 bits per heavy atom. The molecular formula is C11H13N3O2S. The predicted molar refractivity (Wildman–Crippen MR) is 64.7 cm³/mol. The third-order valence-corrected chi connectivity index (χ3v) is 5.34. The second-order valence-electron chi connectivity index (χ2n) is 4.13. The zero-order valence-electron chi connectivity index (χ0n) is 9.28. The number of hydrogen-bond acceptors (Lipinski definition) is 3. The maximum Gasteiger partial charge on any atom is 0.181 e. The van der Waals surface area contributed by atoms with Crippen LogP contribution < -0.4 is 0 Å². The fraction of sp³-hybridized carbons (Fsp3) is 0.455. The molecule has 1 aromatic carbocycles. The van der Waals surface area contributed by atoms with Crippen LogP contribution in [-0.2, 0) is 9.84 Å². The SMILES string of the molecule is [N-]=[N+]=Nc1ccc(S(=O)(=O)C2CCCC2)cc1. The topological polar surface area (TPSA) is 82.9 Å². The van der Waals surface area contributed by atoms with Gasteiger partial charge in [0.25, 0.3) is 0 Å². The smallest absolute Gasteiger partial charge is 0.181 e. The molecule has 6 heteroatoms. The van der Waals surface area contributed by atoms with Crippen LogP contribution in [0.2, 0.25) is 0 Å². The van der Waals surface area contributed by atoms with Crippen molar-refractivity contribution in [2.45, 2.75) is 35.8 Å². The zero-order valence-corrected chi connectivity index (χ0v) is 10.1. The molecule has 1 aliphatic carbocycles. The van der Waals surface area contributed by atoms with Crippen LogP contribution in [0.3, 0.4) is 0 Å². The van der Waals surface area contributed by atoms with E-state index in [2.05, 4.69) is 10.0 Å². The standard InChI is InChI=1S/C11H13N3O2S/c12-14-13-9-5-7-11(8-6-9)17(15,16)10-3-1-2-4-10/h5-8,10H,1-4H2. The van der Waals surface area contributed by atoms with Gasteiger partial charge in [-0.1, -0.05) is 30.1 Å². The molecule has 5 nitrogen and oxygen atoms in total. The fourth-order valence-electron chi connectivity index (χ4n) is 2.15. The van der Waals surface area contributed by atoms with Gasteiger partial charge >= 0.3 is 0 Å². The average Bonchev–Trinajstić information content (AvgIpc) is 2.84. The van der Waals surface area contributed by atoms with Gasteiger partial charge in [-0.25, -0.2) is 8.42 Å². The summed E-state index contributed by atoms with van der Waals surface area (Å²) in [5.41, 5.74) is 8.69. The van der Waals surface area contributed by atoms with Crippen molar-refractivity contribution in [1.29, 1.82) is 0 Å². The van der Waals surface area contributed by atoms with Gasteiger partial charge in [-0.2, -0.15) is 0 Å². The third-order valence-electron chi connectivity index (χ3n) is 3.07. The van der Waals surface area contributed by atoms with Crippen molar-refractivity contribution < 1.29 is 8.42 Å². The largest absolute Gasteiger partial charge is 0.223 e. The van der Waals surface area contributed by atoms with Crippen LogP contribution in [-0.4, -0.2) is 13.7 Å². The Kier molecular flexibility index (Phi) is 3.36. The van der Waals surface area contributed by atoms with Gasteiger partial charge in [-0.05, 0) is 30.5 Å². The van der Waals surface area contributed by atoms with E-state index in [1.54, 1.807) is 0 Å². The Morgan fingerprint density at radius 3 is 2.29 bits per heavy atom. The van der Waals surface area contributed by atoms with E-state index >= 15 is 0 Å². The lowest BCUT2D eigenvalue weighted by Gasteiger charge is -2.10. The molecule has 0 N–H and O–H groups in total. The second-order valence-corrected chi connectivity index (χ2v) is 6.36. The quantitative estimate of drug-likeness (QED) is 0.469. The number of nitrogens with zero attached hydrogens (tertiary/aromatic N) is 3. The van der Waals surface area contributed by atoms with E-state index in [0.717, 1.165) is 25.7 Å². The van der Waals surface area contributed by atoms with Crippen molar-refractivity contribution in [3.63, 3.8) is 0 Å². The molecule has 0 atom stereocenters. The maximum absolute atomic E-state index is 12.2. The molecule has 0 heterocycles. The molecule has 1 saturated carbocycles. The Hall–Kier alpha value is -1.52. The first-order chi connectivity index (χ1) is 8.14. The average molecular weight is 251 g/mol. The van der Waals surface area contributed by atoms with Crippen molar-refractivity contribution in [2.75, 3.05) is 0 Å². The van der Waals surface area contributed by atoms with Crippen LogP contribution in [0, 0.1) is 0 Å². The lowest BCUT2D eigenvalue weighted by molar-refractivity contribution is 0.579. The monoisotopic (exact) mass is 251 g/mol. The summed E-state index contributed by atoms with van der Waals surface area (Å²) in [7, 11) is -3.21. The summed E-state index contributed by atoms with van der Waals surface area (Å²) in [6.07, 6.45) is 3.47. The van der Waals surface area contributed by atoms with E-state index in [1.165, 1.54) is 24.3 Å². The van der Waals surface area contributed by atoms with Crippen LogP contribution in [0.5, 0.6) is 0 Å². The normalized spacial score (nSPS) is 16.7. The molecule has 1 aromatic rings. The number of benzene rings is 1. The lowest BCUT2D eigenvalue weighted by Crippen LogP contribution is -2.17. The molecule has 1 aliphatic rings. The first-order valence-electron chi connectivity index (χ1n) is 5.53. The van der Waals surface area contributed by atoms with Crippen LogP contribution in [0.15, 0.2) is 34.3 Å². The Morgan fingerprint density at radius 1 is 1.18 bits per heavy atom. The first-order valence-corrected chi connectivity index (χ1v) is 7.08. The highest BCUT2D eigenvalue weighted by molar-refractivity contribution is 7.92. The predicted octanol–water partition coefficient (Wildman–Crippen LogP) is 3.34.